The molecule has 2 aliphatic rings. The predicted octanol–water partition coefficient (Wildman–Crippen LogP) is 3.37. The summed E-state index contributed by atoms with van der Waals surface area (Å²) < 4.78 is 5.46. The molecule has 6 heteroatoms. The van der Waals surface area contributed by atoms with Crippen LogP contribution in [0.5, 0.6) is 0 Å². The second-order valence-corrected chi connectivity index (χ2v) is 9.06. The lowest BCUT2D eigenvalue weighted by Gasteiger charge is -2.26. The number of aliphatic imine (C=N–C) groups is 1. The minimum atomic E-state index is 0.668. The zero-order valence-corrected chi connectivity index (χ0v) is 20.1. The third-order valence-electron chi connectivity index (χ3n) is 6.35. The molecule has 4 rings (SSSR count). The molecule has 33 heavy (non-hydrogen) atoms. The standard InChI is InChI=1S/C27H39N5O/c1-2-28-27(29-19-23-8-10-24(11-9-23)21-31-12-3-4-13-31)30-20-25-6-5-7-26(18-25)22-32-14-16-33-17-15-32/h5-11,18H,2-4,12-17,19-22H2,1H3,(H2,28,29,30). The monoisotopic (exact) mass is 449 g/mol. The van der Waals surface area contributed by atoms with Gasteiger partial charge in [0, 0.05) is 39.3 Å². The van der Waals surface area contributed by atoms with Crippen LogP contribution in [-0.2, 0) is 30.9 Å². The Kier molecular flexibility index (Phi) is 9.16. The zero-order valence-electron chi connectivity index (χ0n) is 20.1. The van der Waals surface area contributed by atoms with Crippen molar-refractivity contribution < 1.29 is 4.74 Å². The van der Waals surface area contributed by atoms with E-state index in [1.807, 2.05) is 0 Å². The van der Waals surface area contributed by atoms with Gasteiger partial charge in [-0.05, 0) is 55.1 Å². The van der Waals surface area contributed by atoms with Crippen LogP contribution in [-0.4, -0.2) is 61.7 Å². The van der Waals surface area contributed by atoms with Crippen molar-refractivity contribution in [2.24, 2.45) is 4.99 Å². The van der Waals surface area contributed by atoms with Crippen molar-refractivity contribution in [2.75, 3.05) is 45.9 Å². The second kappa shape index (κ2) is 12.7. The number of guanidine groups is 1. The van der Waals surface area contributed by atoms with Gasteiger partial charge in [0.1, 0.15) is 0 Å². The van der Waals surface area contributed by atoms with Gasteiger partial charge in [-0.15, -0.1) is 0 Å². The summed E-state index contributed by atoms with van der Waals surface area (Å²) in [6, 6.07) is 17.8. The van der Waals surface area contributed by atoms with Crippen LogP contribution in [0.4, 0.5) is 0 Å². The fraction of sp³-hybridized carbons (Fsp3) is 0.519. The first-order valence-corrected chi connectivity index (χ1v) is 12.5. The number of hydrogen-bond acceptors (Lipinski definition) is 4. The average Bonchev–Trinajstić information content (AvgIpc) is 3.36. The third kappa shape index (κ3) is 7.84. The molecule has 0 bridgehead atoms. The first-order chi connectivity index (χ1) is 16.3. The molecule has 0 radical (unpaired) electrons. The molecule has 2 aromatic rings. The molecule has 0 unspecified atom stereocenters. The molecule has 2 heterocycles. The van der Waals surface area contributed by atoms with Crippen molar-refractivity contribution in [1.82, 2.24) is 20.4 Å². The lowest BCUT2D eigenvalue weighted by atomic mass is 10.1. The predicted molar refractivity (Wildman–Crippen MR) is 135 cm³/mol. The van der Waals surface area contributed by atoms with Crippen LogP contribution in [0, 0.1) is 0 Å². The Morgan fingerprint density at radius 3 is 2.24 bits per heavy atom. The summed E-state index contributed by atoms with van der Waals surface area (Å²) in [6.45, 7) is 12.6. The molecule has 2 aliphatic heterocycles. The summed E-state index contributed by atoms with van der Waals surface area (Å²) in [7, 11) is 0. The minimum absolute atomic E-state index is 0.668. The molecular formula is C27H39N5O. The number of ether oxygens (including phenoxy) is 1. The largest absolute Gasteiger partial charge is 0.379 e. The number of morpholine rings is 1. The summed E-state index contributed by atoms with van der Waals surface area (Å²) in [6.07, 6.45) is 2.68. The van der Waals surface area contributed by atoms with E-state index in [1.54, 1.807) is 0 Å². The summed E-state index contributed by atoms with van der Waals surface area (Å²) in [5, 5.41) is 6.86. The van der Waals surface area contributed by atoms with Gasteiger partial charge in [0.05, 0.1) is 19.8 Å². The molecule has 0 spiro atoms. The van der Waals surface area contributed by atoms with Gasteiger partial charge < -0.3 is 15.4 Å². The average molecular weight is 450 g/mol. The summed E-state index contributed by atoms with van der Waals surface area (Å²) in [5.74, 6) is 0.859. The highest BCUT2D eigenvalue weighted by atomic mass is 16.5. The third-order valence-corrected chi connectivity index (χ3v) is 6.35. The Morgan fingerprint density at radius 1 is 0.818 bits per heavy atom. The highest BCUT2D eigenvalue weighted by Gasteiger charge is 2.12. The summed E-state index contributed by atoms with van der Waals surface area (Å²) in [4.78, 5) is 9.82. The summed E-state index contributed by atoms with van der Waals surface area (Å²) in [5.41, 5.74) is 5.26. The number of hydrogen-bond donors (Lipinski definition) is 2. The van der Waals surface area contributed by atoms with Crippen LogP contribution >= 0.6 is 0 Å². The number of nitrogens with zero attached hydrogens (tertiary/aromatic N) is 3. The molecule has 178 valence electrons. The number of benzene rings is 2. The fourth-order valence-electron chi connectivity index (χ4n) is 4.50. The molecule has 2 fully saturated rings. The molecule has 0 amide bonds. The van der Waals surface area contributed by atoms with Crippen LogP contribution in [0.25, 0.3) is 0 Å². The van der Waals surface area contributed by atoms with Crippen LogP contribution in [0.3, 0.4) is 0 Å². The number of rotatable bonds is 9. The van der Waals surface area contributed by atoms with Crippen molar-refractivity contribution in [2.45, 2.75) is 45.9 Å². The van der Waals surface area contributed by atoms with Crippen LogP contribution in [0.2, 0.25) is 0 Å². The van der Waals surface area contributed by atoms with Gasteiger partial charge in [-0.1, -0.05) is 48.5 Å². The van der Waals surface area contributed by atoms with E-state index in [2.05, 4.69) is 75.9 Å². The van der Waals surface area contributed by atoms with Gasteiger partial charge in [0.2, 0.25) is 0 Å². The Morgan fingerprint density at radius 2 is 1.48 bits per heavy atom. The van der Waals surface area contributed by atoms with Gasteiger partial charge in [0.15, 0.2) is 5.96 Å². The van der Waals surface area contributed by atoms with Gasteiger partial charge in [-0.2, -0.15) is 0 Å². The molecule has 2 N–H and O–H groups in total. The minimum Gasteiger partial charge on any atom is -0.379 e. The van der Waals surface area contributed by atoms with E-state index in [0.29, 0.717) is 6.54 Å². The van der Waals surface area contributed by atoms with Crippen LogP contribution in [0.15, 0.2) is 53.5 Å². The van der Waals surface area contributed by atoms with E-state index < -0.39 is 0 Å². The number of nitrogens with one attached hydrogen (secondary N) is 2. The van der Waals surface area contributed by atoms with E-state index in [0.717, 1.165) is 58.4 Å². The molecular weight excluding hydrogens is 410 g/mol. The molecule has 0 aliphatic carbocycles. The molecule has 2 aromatic carbocycles. The fourth-order valence-corrected chi connectivity index (χ4v) is 4.50. The normalized spacial score (nSPS) is 17.9. The smallest absolute Gasteiger partial charge is 0.191 e. The van der Waals surface area contributed by atoms with Gasteiger partial charge in [0.25, 0.3) is 0 Å². The van der Waals surface area contributed by atoms with E-state index in [-0.39, 0.29) is 0 Å². The Balaban J connectivity index is 1.28. The van der Waals surface area contributed by atoms with E-state index in [9.17, 15) is 0 Å². The topological polar surface area (TPSA) is 52.1 Å². The van der Waals surface area contributed by atoms with Gasteiger partial charge in [-0.25, -0.2) is 4.99 Å². The molecule has 0 atom stereocenters. The maximum atomic E-state index is 5.46. The van der Waals surface area contributed by atoms with Crippen molar-refractivity contribution in [3.63, 3.8) is 0 Å². The van der Waals surface area contributed by atoms with E-state index in [4.69, 9.17) is 9.73 Å². The van der Waals surface area contributed by atoms with Crippen LogP contribution in [0.1, 0.15) is 42.0 Å². The van der Waals surface area contributed by atoms with Crippen LogP contribution < -0.4 is 10.6 Å². The lowest BCUT2D eigenvalue weighted by molar-refractivity contribution is 0.0342. The Hall–Kier alpha value is -2.41. The van der Waals surface area contributed by atoms with Crippen molar-refractivity contribution in [3.8, 4) is 0 Å². The number of likely N-dealkylation sites (tertiary alicyclic amines) is 1. The first-order valence-electron chi connectivity index (χ1n) is 12.5. The zero-order chi connectivity index (χ0) is 22.7. The van der Waals surface area contributed by atoms with Gasteiger partial charge >= 0.3 is 0 Å². The maximum Gasteiger partial charge on any atom is 0.191 e. The van der Waals surface area contributed by atoms with Crippen molar-refractivity contribution in [3.05, 3.63) is 70.8 Å². The van der Waals surface area contributed by atoms with Crippen molar-refractivity contribution in [1.29, 1.82) is 0 Å². The first kappa shape index (κ1) is 23.7. The second-order valence-electron chi connectivity index (χ2n) is 9.06. The quantitative estimate of drug-likeness (QED) is 0.454. The Labute approximate surface area is 199 Å². The van der Waals surface area contributed by atoms with E-state index in [1.165, 1.54) is 48.2 Å². The Bertz CT molecular complexity index is 870. The SMILES string of the molecule is CCNC(=NCc1cccc(CN2CCOCC2)c1)NCc1ccc(CN2CCCC2)cc1. The molecule has 0 saturated carbocycles. The maximum absolute atomic E-state index is 5.46. The highest BCUT2D eigenvalue weighted by molar-refractivity contribution is 5.79. The van der Waals surface area contributed by atoms with Gasteiger partial charge in [-0.3, -0.25) is 9.80 Å². The molecule has 0 aromatic heterocycles. The lowest BCUT2D eigenvalue weighted by Crippen LogP contribution is -2.36. The van der Waals surface area contributed by atoms with Crippen molar-refractivity contribution >= 4 is 5.96 Å². The highest BCUT2D eigenvalue weighted by Crippen LogP contribution is 2.14. The molecule has 2 saturated heterocycles. The molecule has 6 nitrogen and oxygen atoms in total. The van der Waals surface area contributed by atoms with E-state index >= 15 is 0 Å². The summed E-state index contributed by atoms with van der Waals surface area (Å²) >= 11 is 0.